The van der Waals surface area contributed by atoms with Crippen molar-refractivity contribution in [2.24, 2.45) is 0 Å². The molecule has 0 amide bonds. The number of thiophene rings is 1. The van der Waals surface area contributed by atoms with E-state index in [0.717, 1.165) is 0 Å². The van der Waals surface area contributed by atoms with Crippen molar-refractivity contribution in [3.63, 3.8) is 0 Å². The average Bonchev–Trinajstić information content (AvgIpc) is 3.97. The summed E-state index contributed by atoms with van der Waals surface area (Å²) in [7, 11) is 0. The Morgan fingerprint density at radius 1 is 0.283 bits per heavy atom. The van der Waals surface area contributed by atoms with Gasteiger partial charge in [-0.1, -0.05) is 152 Å². The van der Waals surface area contributed by atoms with E-state index in [1.165, 1.54) is 135 Å². The zero-order valence-electron chi connectivity index (χ0n) is 32.4. The molecule has 0 atom stereocenters. The minimum Gasteiger partial charge on any atom is -0.309 e. The largest absolute Gasteiger partial charge is 0.309 e. The molecule has 60 heavy (non-hydrogen) atoms. The van der Waals surface area contributed by atoms with Crippen LogP contribution in [0.25, 0.3) is 135 Å². The summed E-state index contributed by atoms with van der Waals surface area (Å²) < 4.78 is 5.10. The summed E-state index contributed by atoms with van der Waals surface area (Å²) in [6.45, 7) is 0. The summed E-state index contributed by atoms with van der Waals surface area (Å²) in [6, 6.07) is 74.9. The fraction of sp³-hybridized carbons (Fsp3) is 0. The molecule has 0 spiro atoms. The molecule has 2 aromatic heterocycles. The van der Waals surface area contributed by atoms with Crippen LogP contribution in [0.5, 0.6) is 0 Å². The van der Waals surface area contributed by atoms with E-state index in [2.05, 4.69) is 205 Å². The summed E-state index contributed by atoms with van der Waals surface area (Å²) >= 11 is 1.89. The highest BCUT2D eigenvalue weighted by Crippen LogP contribution is 2.50. The van der Waals surface area contributed by atoms with E-state index in [9.17, 15) is 0 Å². The van der Waals surface area contributed by atoms with Crippen molar-refractivity contribution < 1.29 is 0 Å². The van der Waals surface area contributed by atoms with Gasteiger partial charge in [-0.2, -0.15) is 0 Å². The monoisotopic (exact) mass is 775 g/mol. The number of benzene rings is 11. The summed E-state index contributed by atoms with van der Waals surface area (Å²) in [5, 5.41) is 15.6. The van der Waals surface area contributed by atoms with Gasteiger partial charge in [-0.15, -0.1) is 11.3 Å². The van der Waals surface area contributed by atoms with Gasteiger partial charge < -0.3 is 4.57 Å². The topological polar surface area (TPSA) is 4.93 Å². The molecule has 1 aliphatic rings. The highest BCUT2D eigenvalue weighted by molar-refractivity contribution is 7.25. The van der Waals surface area contributed by atoms with Gasteiger partial charge in [0.25, 0.3) is 0 Å². The zero-order valence-corrected chi connectivity index (χ0v) is 33.2. The average molecular weight is 776 g/mol. The first-order valence-electron chi connectivity index (χ1n) is 20.8. The van der Waals surface area contributed by atoms with Gasteiger partial charge in [-0.3, -0.25) is 0 Å². The number of hydrogen-bond acceptors (Lipinski definition) is 1. The highest BCUT2D eigenvalue weighted by atomic mass is 32.1. The van der Waals surface area contributed by atoms with Gasteiger partial charge in [-0.25, -0.2) is 0 Å². The molecule has 1 nitrogen and oxygen atoms in total. The Morgan fingerprint density at radius 2 is 0.817 bits per heavy atom. The first-order chi connectivity index (χ1) is 29.8. The van der Waals surface area contributed by atoms with Crippen LogP contribution in [0.3, 0.4) is 0 Å². The predicted octanol–water partition coefficient (Wildman–Crippen LogP) is 16.7. The molecule has 0 radical (unpaired) electrons. The highest BCUT2D eigenvalue weighted by Gasteiger charge is 2.23. The molecule has 13 aromatic rings. The Labute approximate surface area is 349 Å². The second kappa shape index (κ2) is 12.0. The van der Waals surface area contributed by atoms with E-state index in [0.29, 0.717) is 0 Å². The standard InChI is InChI=1S/C58H33NS/c1-2-11-37(12-3-1)59-53-20-9-8-16-43(53)49-28-27-48-42-24-21-34(31-50(42)41-15-6-7-17-46(41)57(48)58(49)59)35-22-29-54-51(32-35)52-33-36(23-30-55(52)60-54)38-25-26-47-40-14-5-4-13-39(40)45-19-10-18-44(38)56(45)47/h1-33H. The van der Waals surface area contributed by atoms with Crippen molar-refractivity contribution in [1.29, 1.82) is 0 Å². The van der Waals surface area contributed by atoms with E-state index < -0.39 is 0 Å². The molecule has 0 fully saturated rings. The number of hydrogen-bond donors (Lipinski definition) is 0. The maximum absolute atomic E-state index is 2.47. The molecule has 11 aromatic carbocycles. The fourth-order valence-electron chi connectivity index (χ4n) is 10.7. The fourth-order valence-corrected chi connectivity index (χ4v) is 11.8. The Balaban J connectivity index is 0.955. The van der Waals surface area contributed by atoms with Crippen LogP contribution < -0.4 is 0 Å². The molecule has 0 saturated heterocycles. The number of nitrogens with zero attached hydrogens (tertiary/aromatic N) is 1. The van der Waals surface area contributed by atoms with Crippen molar-refractivity contribution in [2.75, 3.05) is 0 Å². The first kappa shape index (κ1) is 32.4. The summed E-state index contributed by atoms with van der Waals surface area (Å²) in [5.74, 6) is 0. The summed E-state index contributed by atoms with van der Waals surface area (Å²) in [5.41, 5.74) is 14.0. The zero-order chi connectivity index (χ0) is 39.1. The van der Waals surface area contributed by atoms with Crippen LogP contribution in [0.4, 0.5) is 0 Å². The van der Waals surface area contributed by atoms with Crippen LogP contribution in [-0.2, 0) is 0 Å². The molecule has 0 unspecified atom stereocenters. The van der Waals surface area contributed by atoms with Crippen LogP contribution in [0.2, 0.25) is 0 Å². The van der Waals surface area contributed by atoms with E-state index in [-0.39, 0.29) is 0 Å². The minimum atomic E-state index is 1.18. The maximum Gasteiger partial charge on any atom is 0.0625 e. The SMILES string of the molecule is c1ccc(-n2c3ccccc3c3ccc4c5ccc(-c6ccc7sc8ccc(-c9ccc%10c%11c(cccc9%11)-c9ccccc9-%10)cc8c7c6)cc5c5ccccc5c4c32)cc1. The molecule has 1 aliphatic carbocycles. The van der Waals surface area contributed by atoms with Crippen LogP contribution in [0.1, 0.15) is 0 Å². The number of rotatable bonds is 3. The van der Waals surface area contributed by atoms with Crippen LogP contribution in [0, 0.1) is 0 Å². The van der Waals surface area contributed by atoms with Gasteiger partial charge in [0.2, 0.25) is 0 Å². The molecule has 2 heterocycles. The van der Waals surface area contributed by atoms with Crippen molar-refractivity contribution in [3.8, 4) is 50.2 Å². The van der Waals surface area contributed by atoms with Gasteiger partial charge in [0.05, 0.1) is 11.0 Å². The number of fused-ring (bicyclic) bond motifs is 16. The van der Waals surface area contributed by atoms with Crippen molar-refractivity contribution in [2.45, 2.75) is 0 Å². The van der Waals surface area contributed by atoms with Gasteiger partial charge in [-0.05, 0) is 131 Å². The van der Waals surface area contributed by atoms with E-state index in [4.69, 9.17) is 0 Å². The molecule has 0 saturated carbocycles. The lowest BCUT2D eigenvalue weighted by atomic mass is 9.90. The lowest BCUT2D eigenvalue weighted by Crippen LogP contribution is -1.95. The Hall–Kier alpha value is -7.52. The third-order valence-electron chi connectivity index (χ3n) is 13.3. The van der Waals surface area contributed by atoms with Crippen LogP contribution >= 0.6 is 11.3 Å². The van der Waals surface area contributed by atoms with Crippen LogP contribution in [-0.4, -0.2) is 4.57 Å². The van der Waals surface area contributed by atoms with E-state index in [1.54, 1.807) is 0 Å². The van der Waals surface area contributed by atoms with E-state index >= 15 is 0 Å². The Morgan fingerprint density at radius 3 is 1.63 bits per heavy atom. The summed E-state index contributed by atoms with van der Waals surface area (Å²) in [6.07, 6.45) is 0. The van der Waals surface area contributed by atoms with Crippen molar-refractivity contribution >= 4 is 96.4 Å². The number of aromatic nitrogens is 1. The van der Waals surface area contributed by atoms with Gasteiger partial charge in [0.15, 0.2) is 0 Å². The molecule has 0 N–H and O–H groups in total. The Bertz CT molecular complexity index is 3950. The van der Waals surface area contributed by atoms with Crippen molar-refractivity contribution in [3.05, 3.63) is 200 Å². The quantitative estimate of drug-likeness (QED) is 0.158. The molecule has 2 heteroatoms. The van der Waals surface area contributed by atoms with Gasteiger partial charge in [0.1, 0.15) is 0 Å². The number of para-hydroxylation sites is 2. The predicted molar refractivity (Wildman–Crippen MR) is 259 cm³/mol. The first-order valence-corrected chi connectivity index (χ1v) is 21.6. The minimum absolute atomic E-state index is 1.18. The van der Waals surface area contributed by atoms with E-state index in [1.807, 2.05) is 11.3 Å². The lowest BCUT2D eigenvalue weighted by molar-refractivity contribution is 1.19. The summed E-state index contributed by atoms with van der Waals surface area (Å²) in [4.78, 5) is 0. The van der Waals surface area contributed by atoms with Gasteiger partial charge >= 0.3 is 0 Å². The lowest BCUT2D eigenvalue weighted by Gasteiger charge is -2.15. The van der Waals surface area contributed by atoms with Crippen molar-refractivity contribution in [1.82, 2.24) is 4.57 Å². The molecule has 0 aliphatic heterocycles. The van der Waals surface area contributed by atoms with Crippen LogP contribution in [0.15, 0.2) is 200 Å². The molecular weight excluding hydrogens is 743 g/mol. The smallest absolute Gasteiger partial charge is 0.0625 e. The molecule has 0 bridgehead atoms. The third-order valence-corrected chi connectivity index (χ3v) is 14.5. The second-order valence-electron chi connectivity index (χ2n) is 16.3. The molecular formula is C58H33NS. The maximum atomic E-state index is 2.47. The Kier molecular flexibility index (Phi) is 6.50. The molecule has 276 valence electrons. The third kappa shape index (κ3) is 4.35. The van der Waals surface area contributed by atoms with Gasteiger partial charge in [0, 0.05) is 42.0 Å². The second-order valence-corrected chi connectivity index (χ2v) is 17.4. The molecule has 14 rings (SSSR count). The normalized spacial score (nSPS) is 12.3.